The van der Waals surface area contributed by atoms with Gasteiger partial charge in [0.15, 0.2) is 5.16 Å². The summed E-state index contributed by atoms with van der Waals surface area (Å²) in [7, 11) is -3.54. The van der Waals surface area contributed by atoms with Crippen molar-refractivity contribution >= 4 is 38.7 Å². The van der Waals surface area contributed by atoms with Crippen LogP contribution < -0.4 is 5.32 Å². The van der Waals surface area contributed by atoms with E-state index in [2.05, 4.69) is 16.8 Å². The molecule has 1 aromatic carbocycles. The van der Waals surface area contributed by atoms with Crippen LogP contribution in [0.5, 0.6) is 0 Å². The van der Waals surface area contributed by atoms with Gasteiger partial charge < -0.3 is 9.88 Å². The zero-order valence-electron chi connectivity index (χ0n) is 18.8. The molecule has 0 spiro atoms. The van der Waals surface area contributed by atoms with E-state index >= 15 is 0 Å². The average Bonchev–Trinajstić information content (AvgIpc) is 3.38. The number of hydrogen-bond acceptors (Lipinski definition) is 5. The zero-order chi connectivity index (χ0) is 22.4. The number of hydrogen-bond donors (Lipinski definition) is 1. The molecule has 1 heterocycles. The molecule has 1 aliphatic carbocycles. The molecule has 9 heteroatoms. The van der Waals surface area contributed by atoms with Crippen molar-refractivity contribution in [1.82, 2.24) is 19.2 Å². The van der Waals surface area contributed by atoms with Crippen molar-refractivity contribution in [2.75, 3.05) is 18.8 Å². The lowest BCUT2D eigenvalue weighted by Crippen LogP contribution is -2.33. The SMILES string of the molecule is CCCCn1c(SCC(=O)NC2CCCC2)nc2cc(S(=O)(=O)N(CC)CC)ccc21. The van der Waals surface area contributed by atoms with Crippen LogP contribution in [0.3, 0.4) is 0 Å². The Labute approximate surface area is 190 Å². The number of amides is 1. The summed E-state index contributed by atoms with van der Waals surface area (Å²) in [5.41, 5.74) is 1.56. The van der Waals surface area contributed by atoms with Crippen LogP contribution in [0.1, 0.15) is 59.3 Å². The molecule has 1 fully saturated rings. The first-order chi connectivity index (χ1) is 14.9. The Hall–Kier alpha value is -1.58. The van der Waals surface area contributed by atoms with E-state index in [0.717, 1.165) is 42.9 Å². The molecule has 2 aromatic rings. The molecule has 1 amide bonds. The van der Waals surface area contributed by atoms with Crippen LogP contribution >= 0.6 is 11.8 Å². The van der Waals surface area contributed by atoms with Gasteiger partial charge in [0.1, 0.15) is 0 Å². The molecule has 1 N–H and O–H groups in total. The Balaban J connectivity index is 1.84. The molecule has 1 aromatic heterocycles. The van der Waals surface area contributed by atoms with Crippen LogP contribution in [-0.4, -0.2) is 53.1 Å². The van der Waals surface area contributed by atoms with Gasteiger partial charge in [-0.2, -0.15) is 4.31 Å². The predicted molar refractivity (Wildman–Crippen MR) is 126 cm³/mol. The Morgan fingerprint density at radius 2 is 1.94 bits per heavy atom. The monoisotopic (exact) mass is 466 g/mol. The standard InChI is InChI=1S/C22H34N4O3S2/c1-4-7-14-26-20-13-12-18(31(28,29)25(5-2)6-3)15-19(20)24-22(26)30-16-21(27)23-17-10-8-9-11-17/h12-13,15,17H,4-11,14,16H2,1-3H3,(H,23,27). The number of rotatable bonds is 11. The second-order valence-corrected chi connectivity index (χ2v) is 10.9. The number of nitrogens with one attached hydrogen (secondary N) is 1. The molecular weight excluding hydrogens is 432 g/mol. The van der Waals surface area contributed by atoms with Crippen molar-refractivity contribution in [2.45, 2.75) is 81.9 Å². The topological polar surface area (TPSA) is 84.3 Å². The highest BCUT2D eigenvalue weighted by atomic mass is 32.2. The lowest BCUT2D eigenvalue weighted by Gasteiger charge is -2.18. The maximum absolute atomic E-state index is 12.9. The predicted octanol–water partition coefficient (Wildman–Crippen LogP) is 4.02. The maximum Gasteiger partial charge on any atom is 0.243 e. The first-order valence-electron chi connectivity index (χ1n) is 11.3. The molecule has 0 aliphatic heterocycles. The Morgan fingerprint density at radius 3 is 2.58 bits per heavy atom. The smallest absolute Gasteiger partial charge is 0.243 e. The molecule has 1 aliphatic rings. The van der Waals surface area contributed by atoms with E-state index in [0.29, 0.717) is 30.4 Å². The third-order valence-corrected chi connectivity index (χ3v) is 8.84. The minimum Gasteiger partial charge on any atom is -0.353 e. The first kappa shape index (κ1) is 24.1. The van der Waals surface area contributed by atoms with E-state index in [-0.39, 0.29) is 10.8 Å². The van der Waals surface area contributed by atoms with Gasteiger partial charge >= 0.3 is 0 Å². The molecule has 172 valence electrons. The van der Waals surface area contributed by atoms with Gasteiger partial charge in [-0.05, 0) is 37.5 Å². The maximum atomic E-state index is 12.9. The molecule has 31 heavy (non-hydrogen) atoms. The van der Waals surface area contributed by atoms with Gasteiger partial charge in [0, 0.05) is 25.7 Å². The summed E-state index contributed by atoms with van der Waals surface area (Å²) < 4.78 is 29.4. The highest BCUT2D eigenvalue weighted by Gasteiger charge is 2.23. The number of thioether (sulfide) groups is 1. The van der Waals surface area contributed by atoms with Crippen molar-refractivity contribution in [3.05, 3.63) is 18.2 Å². The summed E-state index contributed by atoms with van der Waals surface area (Å²) in [4.78, 5) is 17.4. The molecule has 0 radical (unpaired) electrons. The van der Waals surface area contributed by atoms with Crippen LogP contribution in [0.2, 0.25) is 0 Å². The van der Waals surface area contributed by atoms with Crippen LogP contribution in [0.15, 0.2) is 28.3 Å². The Kier molecular flexibility index (Phi) is 8.41. The van der Waals surface area contributed by atoms with E-state index in [1.807, 2.05) is 19.9 Å². The van der Waals surface area contributed by atoms with Crippen LogP contribution in [0, 0.1) is 0 Å². The van der Waals surface area contributed by atoms with Gasteiger partial charge in [-0.3, -0.25) is 4.79 Å². The van der Waals surface area contributed by atoms with Gasteiger partial charge in [0.2, 0.25) is 15.9 Å². The minimum absolute atomic E-state index is 0.0378. The second-order valence-electron chi connectivity index (χ2n) is 7.98. The minimum atomic E-state index is -3.54. The second kappa shape index (κ2) is 10.8. The molecule has 0 bridgehead atoms. The highest BCUT2D eigenvalue weighted by Crippen LogP contribution is 2.28. The molecule has 0 atom stereocenters. The van der Waals surface area contributed by atoms with Crippen LogP contribution in [-0.2, 0) is 21.4 Å². The van der Waals surface area contributed by atoms with Gasteiger partial charge in [-0.25, -0.2) is 13.4 Å². The summed E-state index contributed by atoms with van der Waals surface area (Å²) in [6.07, 6.45) is 6.53. The fourth-order valence-corrected chi connectivity index (χ4v) is 6.40. The summed E-state index contributed by atoms with van der Waals surface area (Å²) >= 11 is 1.42. The van der Waals surface area contributed by atoms with E-state index in [9.17, 15) is 13.2 Å². The van der Waals surface area contributed by atoms with E-state index < -0.39 is 10.0 Å². The quantitative estimate of drug-likeness (QED) is 0.506. The van der Waals surface area contributed by atoms with Crippen LogP contribution in [0.25, 0.3) is 11.0 Å². The summed E-state index contributed by atoms with van der Waals surface area (Å²) in [5, 5.41) is 3.88. The molecular formula is C22H34N4O3S2. The number of nitrogens with zero attached hydrogens (tertiary/aromatic N) is 3. The average molecular weight is 467 g/mol. The van der Waals surface area contributed by atoms with Crippen LogP contribution in [0.4, 0.5) is 0 Å². The Bertz CT molecular complexity index is 994. The number of unbranched alkanes of at least 4 members (excludes halogenated alkanes) is 1. The van der Waals surface area contributed by atoms with E-state index in [1.54, 1.807) is 12.1 Å². The van der Waals surface area contributed by atoms with Crippen molar-refractivity contribution in [3.8, 4) is 0 Å². The van der Waals surface area contributed by atoms with Crippen molar-refractivity contribution in [3.63, 3.8) is 0 Å². The molecule has 3 rings (SSSR count). The third-order valence-electron chi connectivity index (χ3n) is 5.82. The van der Waals surface area contributed by atoms with Gasteiger partial charge in [0.25, 0.3) is 0 Å². The van der Waals surface area contributed by atoms with Gasteiger partial charge in [0.05, 0.1) is 21.7 Å². The lowest BCUT2D eigenvalue weighted by atomic mass is 10.2. The first-order valence-corrected chi connectivity index (χ1v) is 13.8. The normalized spacial score (nSPS) is 15.2. The molecule has 0 saturated heterocycles. The lowest BCUT2D eigenvalue weighted by molar-refractivity contribution is -0.119. The number of carbonyl (C=O) groups excluding carboxylic acids is 1. The highest BCUT2D eigenvalue weighted by molar-refractivity contribution is 7.99. The van der Waals surface area contributed by atoms with Gasteiger partial charge in [-0.15, -0.1) is 0 Å². The summed E-state index contributed by atoms with van der Waals surface area (Å²) in [5.74, 6) is 0.354. The number of sulfonamides is 1. The van der Waals surface area contributed by atoms with Crippen molar-refractivity contribution in [1.29, 1.82) is 0 Å². The third kappa shape index (κ3) is 5.62. The number of aryl methyl sites for hydroxylation is 1. The molecule has 0 unspecified atom stereocenters. The fraction of sp³-hybridized carbons (Fsp3) is 0.636. The van der Waals surface area contributed by atoms with E-state index in [4.69, 9.17) is 4.98 Å². The number of benzene rings is 1. The fourth-order valence-electron chi connectivity index (χ4n) is 4.07. The largest absolute Gasteiger partial charge is 0.353 e. The van der Waals surface area contributed by atoms with Crippen molar-refractivity contribution in [2.24, 2.45) is 0 Å². The van der Waals surface area contributed by atoms with Crippen molar-refractivity contribution < 1.29 is 13.2 Å². The summed E-state index contributed by atoms with van der Waals surface area (Å²) in [6, 6.07) is 5.48. The number of imidazole rings is 1. The van der Waals surface area contributed by atoms with Gasteiger partial charge in [-0.1, -0.05) is 51.8 Å². The molecule has 7 nitrogen and oxygen atoms in total. The van der Waals surface area contributed by atoms with E-state index in [1.165, 1.54) is 28.9 Å². The molecule has 1 saturated carbocycles. The summed E-state index contributed by atoms with van der Waals surface area (Å²) in [6.45, 7) is 7.46. The Morgan fingerprint density at radius 1 is 1.23 bits per heavy atom. The number of carbonyl (C=O) groups is 1. The number of aromatic nitrogens is 2. The zero-order valence-corrected chi connectivity index (χ0v) is 20.4. The number of fused-ring (bicyclic) bond motifs is 1.